The van der Waals surface area contributed by atoms with Crippen molar-refractivity contribution in [3.63, 3.8) is 0 Å². The van der Waals surface area contributed by atoms with Gasteiger partial charge in [-0.25, -0.2) is 9.59 Å². The second-order valence-corrected chi connectivity index (χ2v) is 18.7. The Hall–Kier alpha value is 0.260. The lowest BCUT2D eigenvalue weighted by molar-refractivity contribution is -0.138. The molecule has 0 aromatic heterocycles. The SMILES string of the molecule is COC(=O)C1=C(C(=O)OC)SC(=C2SC(SCCC(C)CCCC(C)C)=C(SCCC(C)CCCC(C)C)S2)S1. The van der Waals surface area contributed by atoms with Crippen LogP contribution in [0.25, 0.3) is 0 Å². The molecule has 0 bridgehead atoms. The van der Waals surface area contributed by atoms with Crippen molar-refractivity contribution in [2.75, 3.05) is 25.7 Å². The molecule has 0 radical (unpaired) electrons. The summed E-state index contributed by atoms with van der Waals surface area (Å²) in [5.74, 6) is 4.29. The Morgan fingerprint density at radius 3 is 1.32 bits per heavy atom. The summed E-state index contributed by atoms with van der Waals surface area (Å²) in [5.41, 5.74) is 0. The van der Waals surface area contributed by atoms with Crippen LogP contribution in [-0.2, 0) is 19.1 Å². The standard InChI is InChI=1S/C30H48O4S6/c1-19(2)11-9-13-21(5)15-17-35-27-28(36-18-16-22(6)14-10-12-20(3)4)40-30(39-27)29-37-23(25(31)33-7)24(38-29)26(32)34-8/h19-22H,9-18H2,1-8H3. The van der Waals surface area contributed by atoms with E-state index in [0.717, 1.165) is 43.7 Å². The third kappa shape index (κ3) is 12.9. The number of thioether (sulfide) groups is 6. The quantitative estimate of drug-likeness (QED) is 0.132. The molecule has 2 unspecified atom stereocenters. The summed E-state index contributed by atoms with van der Waals surface area (Å²) in [4.78, 5) is 25.4. The van der Waals surface area contributed by atoms with E-state index in [1.807, 2.05) is 23.5 Å². The molecule has 0 fully saturated rings. The summed E-state index contributed by atoms with van der Waals surface area (Å²) in [6, 6.07) is 0. The van der Waals surface area contributed by atoms with E-state index in [0.29, 0.717) is 9.81 Å². The van der Waals surface area contributed by atoms with Crippen molar-refractivity contribution < 1.29 is 19.1 Å². The van der Waals surface area contributed by atoms with Gasteiger partial charge in [0.2, 0.25) is 0 Å². The molecule has 0 N–H and O–H groups in total. The Balaban J connectivity index is 2.05. The molecule has 4 nitrogen and oxygen atoms in total. The predicted octanol–water partition coefficient (Wildman–Crippen LogP) is 10.9. The highest BCUT2D eigenvalue weighted by atomic mass is 32.3. The van der Waals surface area contributed by atoms with Crippen molar-refractivity contribution in [2.45, 2.75) is 92.9 Å². The zero-order valence-electron chi connectivity index (χ0n) is 25.5. The molecule has 0 aliphatic carbocycles. The summed E-state index contributed by atoms with van der Waals surface area (Å²) in [6.07, 6.45) is 10.3. The van der Waals surface area contributed by atoms with Gasteiger partial charge in [0.05, 0.1) is 31.2 Å². The maximum absolute atomic E-state index is 12.4. The zero-order chi connectivity index (χ0) is 29.7. The number of hydrogen-bond acceptors (Lipinski definition) is 10. The maximum Gasteiger partial charge on any atom is 0.346 e. The molecule has 0 amide bonds. The normalized spacial score (nSPS) is 17.4. The molecule has 0 aromatic carbocycles. The summed E-state index contributed by atoms with van der Waals surface area (Å²) >= 11 is 10.2. The van der Waals surface area contributed by atoms with Crippen LogP contribution in [0.3, 0.4) is 0 Å². The van der Waals surface area contributed by atoms with Crippen molar-refractivity contribution in [3.05, 3.63) is 26.8 Å². The van der Waals surface area contributed by atoms with Crippen LogP contribution in [0, 0.1) is 23.7 Å². The Kier molecular flexibility index (Phi) is 17.8. The number of esters is 2. The molecule has 0 saturated heterocycles. The molecular formula is C30H48O4S6. The average molecular weight is 665 g/mol. The minimum atomic E-state index is -0.489. The van der Waals surface area contributed by atoms with E-state index in [4.69, 9.17) is 9.47 Å². The van der Waals surface area contributed by atoms with E-state index < -0.39 is 11.9 Å². The molecule has 0 aromatic rings. The van der Waals surface area contributed by atoms with Crippen LogP contribution in [0.2, 0.25) is 0 Å². The number of carbonyl (C=O) groups excluding carboxylic acids is 2. The second kappa shape index (κ2) is 19.5. The minimum Gasteiger partial charge on any atom is -0.465 e. The van der Waals surface area contributed by atoms with Gasteiger partial charge in [-0.15, -0.1) is 23.5 Å². The number of methoxy groups -OCH3 is 2. The van der Waals surface area contributed by atoms with E-state index in [1.54, 1.807) is 23.5 Å². The van der Waals surface area contributed by atoms with Gasteiger partial charge in [-0.05, 0) is 48.0 Å². The second-order valence-electron chi connectivity index (χ2n) is 11.3. The van der Waals surface area contributed by atoms with Gasteiger partial charge >= 0.3 is 11.9 Å². The summed E-state index contributed by atoms with van der Waals surface area (Å²) in [5, 5.41) is 0. The van der Waals surface area contributed by atoms with Gasteiger partial charge in [0.25, 0.3) is 0 Å². The first kappa shape index (κ1) is 36.5. The minimum absolute atomic E-state index is 0.323. The van der Waals surface area contributed by atoms with E-state index in [-0.39, 0.29) is 0 Å². The third-order valence-corrected chi connectivity index (χ3v) is 15.4. The first-order chi connectivity index (χ1) is 19.0. The first-order valence-corrected chi connectivity index (χ1v) is 19.7. The van der Waals surface area contributed by atoms with Crippen LogP contribution in [-0.4, -0.2) is 37.7 Å². The van der Waals surface area contributed by atoms with Gasteiger partial charge in [-0.1, -0.05) is 127 Å². The largest absolute Gasteiger partial charge is 0.465 e. The fraction of sp³-hybridized carbons (Fsp3) is 0.733. The van der Waals surface area contributed by atoms with Gasteiger partial charge in [-0.3, -0.25) is 0 Å². The van der Waals surface area contributed by atoms with Gasteiger partial charge in [-0.2, -0.15) is 0 Å². The van der Waals surface area contributed by atoms with E-state index in [2.05, 4.69) is 41.5 Å². The van der Waals surface area contributed by atoms with Gasteiger partial charge < -0.3 is 9.47 Å². The topological polar surface area (TPSA) is 52.6 Å². The van der Waals surface area contributed by atoms with Gasteiger partial charge in [0.15, 0.2) is 0 Å². The molecule has 2 heterocycles. The zero-order valence-corrected chi connectivity index (χ0v) is 30.4. The number of rotatable bonds is 18. The predicted molar refractivity (Wildman–Crippen MR) is 185 cm³/mol. The highest BCUT2D eigenvalue weighted by molar-refractivity contribution is 8.42. The first-order valence-electron chi connectivity index (χ1n) is 14.4. The van der Waals surface area contributed by atoms with E-state index in [1.165, 1.54) is 97.6 Å². The number of ether oxygens (including phenoxy) is 2. The Morgan fingerprint density at radius 1 is 0.600 bits per heavy atom. The van der Waals surface area contributed by atoms with E-state index in [9.17, 15) is 9.59 Å². The fourth-order valence-electron chi connectivity index (χ4n) is 4.11. The van der Waals surface area contributed by atoms with Crippen molar-refractivity contribution in [2.24, 2.45) is 23.7 Å². The van der Waals surface area contributed by atoms with Crippen LogP contribution in [0.15, 0.2) is 26.8 Å². The molecule has 40 heavy (non-hydrogen) atoms. The highest BCUT2D eigenvalue weighted by Gasteiger charge is 2.36. The number of carbonyl (C=O) groups is 2. The van der Waals surface area contributed by atoms with Crippen molar-refractivity contribution in [1.82, 2.24) is 0 Å². The lowest BCUT2D eigenvalue weighted by Gasteiger charge is -2.13. The van der Waals surface area contributed by atoms with Gasteiger partial charge in [0, 0.05) is 0 Å². The molecule has 0 spiro atoms. The molecule has 2 atom stereocenters. The van der Waals surface area contributed by atoms with Crippen molar-refractivity contribution in [1.29, 1.82) is 0 Å². The lowest BCUT2D eigenvalue weighted by atomic mass is 9.98. The number of hydrogen-bond donors (Lipinski definition) is 0. The third-order valence-electron chi connectivity index (χ3n) is 6.69. The Bertz CT molecular complexity index is 870. The molecular weight excluding hydrogens is 617 g/mol. The van der Waals surface area contributed by atoms with Crippen LogP contribution >= 0.6 is 70.6 Å². The smallest absolute Gasteiger partial charge is 0.346 e. The summed E-state index contributed by atoms with van der Waals surface area (Å²) in [7, 11) is 2.69. The van der Waals surface area contributed by atoms with Crippen LogP contribution in [0.5, 0.6) is 0 Å². The van der Waals surface area contributed by atoms with Gasteiger partial charge in [0.1, 0.15) is 9.81 Å². The molecule has 228 valence electrons. The molecule has 2 aliphatic rings. The molecule has 10 heteroatoms. The monoisotopic (exact) mass is 664 g/mol. The average Bonchev–Trinajstić information content (AvgIpc) is 3.52. The van der Waals surface area contributed by atoms with Crippen molar-refractivity contribution in [3.8, 4) is 0 Å². The van der Waals surface area contributed by atoms with Crippen LogP contribution < -0.4 is 0 Å². The Labute approximate surface area is 269 Å². The highest BCUT2D eigenvalue weighted by Crippen LogP contribution is 2.64. The lowest BCUT2D eigenvalue weighted by Crippen LogP contribution is -2.08. The molecule has 2 rings (SSSR count). The summed E-state index contributed by atoms with van der Waals surface area (Å²) < 4.78 is 14.8. The summed E-state index contributed by atoms with van der Waals surface area (Å²) in [6.45, 7) is 14.0. The molecule has 0 saturated carbocycles. The van der Waals surface area contributed by atoms with Crippen LogP contribution in [0.1, 0.15) is 92.9 Å². The maximum atomic E-state index is 12.4. The van der Waals surface area contributed by atoms with Crippen LogP contribution in [0.4, 0.5) is 0 Å². The van der Waals surface area contributed by atoms with E-state index >= 15 is 0 Å². The molecule has 2 aliphatic heterocycles. The van der Waals surface area contributed by atoms with Crippen molar-refractivity contribution >= 4 is 82.5 Å². The fourth-order valence-corrected chi connectivity index (χ4v) is 13.2. The Morgan fingerprint density at radius 2 is 0.975 bits per heavy atom.